The van der Waals surface area contributed by atoms with Crippen LogP contribution in [0.5, 0.6) is 0 Å². The maximum atomic E-state index is 13.4. The second kappa shape index (κ2) is 15.5. The number of carbonyl (C=O) groups excluding carboxylic acids is 2. The van der Waals surface area contributed by atoms with Crippen molar-refractivity contribution < 1.29 is 58.1 Å². The normalized spacial score (nSPS) is 48.0. The number of carbonyl (C=O) groups is 2. The molecule has 0 aromatic carbocycles. The lowest BCUT2D eigenvalue weighted by atomic mass is 9.43. The van der Waals surface area contributed by atoms with Gasteiger partial charge in [-0.2, -0.15) is 0 Å². The van der Waals surface area contributed by atoms with Gasteiger partial charge in [0.1, 0.15) is 35.3 Å². The molecule has 2 aliphatic heterocycles. The second-order valence-corrected chi connectivity index (χ2v) is 18.0. The van der Waals surface area contributed by atoms with Crippen LogP contribution in [0.1, 0.15) is 113 Å². The largest absolute Gasteiger partial charge is 0.458 e. The minimum Gasteiger partial charge on any atom is -0.458 e. The van der Waals surface area contributed by atoms with Crippen molar-refractivity contribution in [2.45, 2.75) is 186 Å². The molecule has 2 saturated heterocycles. The minimum absolute atomic E-state index is 0.0642. The maximum Gasteiger partial charge on any atom is 0.330 e. The van der Waals surface area contributed by atoms with Crippen LogP contribution in [0, 0.1) is 28.6 Å². The Bertz CT molecular complexity index is 1460. The van der Waals surface area contributed by atoms with E-state index < -0.39 is 82.9 Å². The van der Waals surface area contributed by atoms with E-state index in [4.69, 9.17) is 33.2 Å². The number of ketones is 1. The molecule has 0 aromatic heterocycles. The lowest BCUT2D eigenvalue weighted by molar-refractivity contribution is -0.320. The Morgan fingerprint density at radius 3 is 2.22 bits per heavy atom. The van der Waals surface area contributed by atoms with E-state index in [-0.39, 0.29) is 42.9 Å². The first kappa shape index (κ1) is 41.9. The molecule has 0 amide bonds. The van der Waals surface area contributed by atoms with Crippen LogP contribution in [0.15, 0.2) is 23.3 Å². The third-order valence-corrected chi connectivity index (χ3v) is 15.0. The van der Waals surface area contributed by atoms with Crippen molar-refractivity contribution in [1.82, 2.24) is 0 Å². The van der Waals surface area contributed by atoms with Gasteiger partial charge in [-0.25, -0.2) is 4.79 Å². The average molecular weight is 763 g/mol. The molecule has 3 saturated carbocycles. The summed E-state index contributed by atoms with van der Waals surface area (Å²) in [6.45, 7) is 15.2. The number of aliphatic hydroxyl groups is 3. The topological polar surface area (TPSA) is 159 Å². The number of hydrogen-bond donors (Lipinski definition) is 3. The fraction of sp³-hybridized carbons (Fsp3) is 0.857. The molecule has 0 radical (unpaired) electrons. The van der Waals surface area contributed by atoms with Gasteiger partial charge in [-0.05, 0) is 84.0 Å². The zero-order valence-corrected chi connectivity index (χ0v) is 34.0. The molecule has 4 aliphatic carbocycles. The van der Waals surface area contributed by atoms with Gasteiger partial charge in [-0.15, -0.1) is 0 Å². The van der Waals surface area contributed by atoms with Crippen molar-refractivity contribution in [3.05, 3.63) is 23.3 Å². The first-order valence-corrected chi connectivity index (χ1v) is 20.2. The van der Waals surface area contributed by atoms with Crippen LogP contribution in [0.4, 0.5) is 0 Å². The van der Waals surface area contributed by atoms with Gasteiger partial charge in [0.15, 0.2) is 12.6 Å². The van der Waals surface area contributed by atoms with E-state index in [1.54, 1.807) is 21.1 Å². The zero-order chi connectivity index (χ0) is 39.5. The third kappa shape index (κ3) is 6.97. The number of allylic oxidation sites excluding steroid dienone is 1. The molecular weight excluding hydrogens is 696 g/mol. The average Bonchev–Trinajstić information content (AvgIpc) is 3.41. The van der Waals surface area contributed by atoms with E-state index in [0.29, 0.717) is 44.9 Å². The van der Waals surface area contributed by atoms with E-state index >= 15 is 0 Å². The van der Waals surface area contributed by atoms with Gasteiger partial charge in [0, 0.05) is 50.4 Å². The number of Topliss-reactive ketones (excluding diaryl/α,β-unsaturated/α-hetero) is 1. The van der Waals surface area contributed by atoms with E-state index in [9.17, 15) is 24.9 Å². The molecule has 54 heavy (non-hydrogen) atoms. The molecule has 0 bridgehead atoms. The quantitative estimate of drug-likeness (QED) is 0.157. The van der Waals surface area contributed by atoms with Crippen LogP contribution in [0.25, 0.3) is 0 Å². The molecule has 5 fully saturated rings. The Balaban J connectivity index is 1.18. The van der Waals surface area contributed by atoms with Crippen molar-refractivity contribution in [1.29, 1.82) is 0 Å². The predicted molar refractivity (Wildman–Crippen MR) is 198 cm³/mol. The molecule has 16 unspecified atom stereocenters. The number of rotatable bonds is 10. The zero-order valence-electron chi connectivity index (χ0n) is 34.0. The molecule has 16 atom stereocenters. The van der Waals surface area contributed by atoms with Crippen molar-refractivity contribution in [2.24, 2.45) is 28.6 Å². The number of methoxy groups -OCH3 is 2. The first-order valence-electron chi connectivity index (χ1n) is 20.2. The highest BCUT2D eigenvalue weighted by atomic mass is 16.7. The SMILES string of the molecule is COC1CC(OC2C(C)OC(OC3CCC4(C)C(=CCC5(O)C4CC(OC(=O)C=C(C)C(C)C)C4(C)C(C(C)=O)CCC54O)C3)CC2OC)OC(C)C1O. The van der Waals surface area contributed by atoms with E-state index in [0.717, 1.165) is 11.1 Å². The van der Waals surface area contributed by atoms with Crippen LogP contribution >= 0.6 is 0 Å². The standard InChI is InChI=1S/C42H66O12/c1-22(2)23(3)17-34(44)53-33-21-32-39(7)14-12-28(18-27(39)11-15-41(32,46)42(47)16-13-29(24(4)43)40(33,42)8)52-35-20-31(49-10)38(26(6)51-35)54-36-19-30(48-9)37(45)25(5)50-36/h11,17,22,25-26,28-33,35-38,45-47H,12-16,18-21H2,1-10H3. The number of ether oxygens (including phenoxy) is 7. The van der Waals surface area contributed by atoms with Gasteiger partial charge >= 0.3 is 5.97 Å². The molecule has 306 valence electrons. The lowest BCUT2D eigenvalue weighted by Crippen LogP contribution is -2.75. The molecule has 2 heterocycles. The van der Waals surface area contributed by atoms with E-state index in [1.165, 1.54) is 13.0 Å². The Labute approximate surface area is 321 Å². The molecule has 0 aromatic rings. The predicted octanol–water partition coefficient (Wildman–Crippen LogP) is 4.94. The summed E-state index contributed by atoms with van der Waals surface area (Å²) < 4.78 is 43.1. The number of fused-ring (bicyclic) bond motifs is 5. The Morgan fingerprint density at radius 2 is 1.57 bits per heavy atom. The number of esters is 1. The van der Waals surface area contributed by atoms with Gasteiger partial charge in [-0.3, -0.25) is 4.79 Å². The van der Waals surface area contributed by atoms with Crippen LogP contribution < -0.4 is 0 Å². The van der Waals surface area contributed by atoms with Gasteiger partial charge in [-0.1, -0.05) is 44.9 Å². The highest BCUT2D eigenvalue weighted by Gasteiger charge is 2.77. The summed E-state index contributed by atoms with van der Waals surface area (Å²) in [5.74, 6) is -1.34. The van der Waals surface area contributed by atoms with Crippen molar-refractivity contribution >= 4 is 11.8 Å². The van der Waals surface area contributed by atoms with Gasteiger partial charge in [0.05, 0.1) is 30.5 Å². The van der Waals surface area contributed by atoms with E-state index in [2.05, 4.69) is 13.0 Å². The van der Waals surface area contributed by atoms with Crippen LogP contribution in [0.3, 0.4) is 0 Å². The maximum absolute atomic E-state index is 13.4. The third-order valence-electron chi connectivity index (χ3n) is 15.0. The van der Waals surface area contributed by atoms with Crippen LogP contribution in [-0.4, -0.2) is 114 Å². The summed E-state index contributed by atoms with van der Waals surface area (Å²) in [5.41, 5.74) is -2.73. The first-order chi connectivity index (χ1) is 25.3. The van der Waals surface area contributed by atoms with Gasteiger partial charge in [0.25, 0.3) is 0 Å². The van der Waals surface area contributed by atoms with Crippen LogP contribution in [0.2, 0.25) is 0 Å². The molecule has 12 heteroatoms. The fourth-order valence-electron chi connectivity index (χ4n) is 11.3. The van der Waals surface area contributed by atoms with E-state index in [1.807, 2.05) is 34.6 Å². The number of hydrogen-bond acceptors (Lipinski definition) is 12. The van der Waals surface area contributed by atoms with Crippen molar-refractivity contribution in [3.8, 4) is 0 Å². The Morgan fingerprint density at radius 1 is 0.926 bits per heavy atom. The summed E-state index contributed by atoms with van der Waals surface area (Å²) in [4.78, 5) is 26.5. The summed E-state index contributed by atoms with van der Waals surface area (Å²) in [6, 6.07) is 0. The second-order valence-electron chi connectivity index (χ2n) is 18.0. The molecule has 0 spiro atoms. The van der Waals surface area contributed by atoms with Crippen molar-refractivity contribution in [3.63, 3.8) is 0 Å². The molecule has 3 N–H and O–H groups in total. The van der Waals surface area contributed by atoms with Crippen molar-refractivity contribution in [2.75, 3.05) is 14.2 Å². The van der Waals surface area contributed by atoms with Gasteiger partial charge < -0.3 is 48.5 Å². The monoisotopic (exact) mass is 762 g/mol. The number of aliphatic hydroxyl groups excluding tert-OH is 1. The summed E-state index contributed by atoms with van der Waals surface area (Å²) in [5, 5.41) is 36.0. The highest BCUT2D eigenvalue weighted by molar-refractivity contribution is 5.83. The summed E-state index contributed by atoms with van der Waals surface area (Å²) in [6.07, 6.45) is 3.07. The summed E-state index contributed by atoms with van der Waals surface area (Å²) >= 11 is 0. The smallest absolute Gasteiger partial charge is 0.330 e. The van der Waals surface area contributed by atoms with Crippen LogP contribution in [-0.2, 0) is 42.7 Å². The fourth-order valence-corrected chi connectivity index (χ4v) is 11.3. The Hall–Kier alpha value is -1.74. The molecular formula is C42H66O12. The molecule has 6 rings (SSSR count). The molecule has 6 aliphatic rings. The molecule has 12 nitrogen and oxygen atoms in total. The summed E-state index contributed by atoms with van der Waals surface area (Å²) in [7, 11) is 3.23. The highest BCUT2D eigenvalue weighted by Crippen LogP contribution is 2.70. The van der Waals surface area contributed by atoms with Gasteiger partial charge in [0.2, 0.25) is 0 Å². The minimum atomic E-state index is -1.63. The Kier molecular flexibility index (Phi) is 12.1. The lowest BCUT2D eigenvalue weighted by Gasteiger charge is -2.66.